The largest absolute Gasteiger partial charge is 0.475 e. The van der Waals surface area contributed by atoms with E-state index in [1.807, 2.05) is 11.5 Å². The number of nitrogens with zero attached hydrogens (tertiary/aromatic N) is 2. The van der Waals surface area contributed by atoms with Gasteiger partial charge in [0.05, 0.1) is 6.33 Å². The Hall–Kier alpha value is -1.69. The van der Waals surface area contributed by atoms with Crippen LogP contribution in [0.25, 0.3) is 0 Å². The molecule has 0 fully saturated rings. The van der Waals surface area contributed by atoms with Crippen LogP contribution >= 0.6 is 11.8 Å². The zero-order valence-corrected chi connectivity index (χ0v) is 10.1. The summed E-state index contributed by atoms with van der Waals surface area (Å²) >= 11 is 1.46. The van der Waals surface area contributed by atoms with Gasteiger partial charge in [-0.05, 0) is 19.1 Å². The molecule has 2 heterocycles. The topological polar surface area (TPSA) is 68.3 Å². The fourth-order valence-corrected chi connectivity index (χ4v) is 2.25. The van der Waals surface area contributed by atoms with Crippen LogP contribution in [0.3, 0.4) is 0 Å². The fourth-order valence-electron chi connectivity index (χ4n) is 1.41. The maximum atomic E-state index is 10.6. The summed E-state index contributed by atoms with van der Waals surface area (Å²) in [5, 5.41) is 9.32. The molecular weight excluding hydrogens is 240 g/mol. The van der Waals surface area contributed by atoms with Crippen LogP contribution in [-0.4, -0.2) is 20.6 Å². The molecule has 6 heteroatoms. The highest BCUT2D eigenvalue weighted by Crippen LogP contribution is 2.24. The molecule has 1 N–H and O–H groups in total. The van der Waals surface area contributed by atoms with Gasteiger partial charge < -0.3 is 14.1 Å². The Kier molecular flexibility index (Phi) is 3.53. The summed E-state index contributed by atoms with van der Waals surface area (Å²) in [4.78, 5) is 14.7. The van der Waals surface area contributed by atoms with E-state index in [-0.39, 0.29) is 5.76 Å². The Labute approximate surface area is 102 Å². The number of carboxylic acid groups (broad SMARTS) is 1. The van der Waals surface area contributed by atoms with Gasteiger partial charge in [-0.3, -0.25) is 0 Å². The van der Waals surface area contributed by atoms with E-state index in [4.69, 9.17) is 9.52 Å². The van der Waals surface area contributed by atoms with E-state index in [2.05, 4.69) is 4.98 Å². The van der Waals surface area contributed by atoms with Gasteiger partial charge >= 0.3 is 5.97 Å². The number of imidazole rings is 1. The molecule has 17 heavy (non-hydrogen) atoms. The highest BCUT2D eigenvalue weighted by molar-refractivity contribution is 7.98. The van der Waals surface area contributed by atoms with Crippen LogP contribution in [0.4, 0.5) is 0 Å². The zero-order chi connectivity index (χ0) is 12.3. The van der Waals surface area contributed by atoms with Gasteiger partial charge in [-0.25, -0.2) is 9.78 Å². The first-order valence-electron chi connectivity index (χ1n) is 5.15. The number of thioether (sulfide) groups is 1. The smallest absolute Gasteiger partial charge is 0.371 e. The van der Waals surface area contributed by atoms with Crippen LogP contribution in [0.15, 0.2) is 34.2 Å². The molecule has 90 valence electrons. The molecule has 0 aliphatic heterocycles. The number of aryl methyl sites for hydroxylation is 1. The van der Waals surface area contributed by atoms with Gasteiger partial charge in [-0.1, -0.05) is 11.8 Å². The summed E-state index contributed by atoms with van der Waals surface area (Å²) in [5.41, 5.74) is 1.09. The molecule has 0 amide bonds. The van der Waals surface area contributed by atoms with Gasteiger partial charge in [0.1, 0.15) is 0 Å². The van der Waals surface area contributed by atoms with Gasteiger partial charge in [0, 0.05) is 24.2 Å². The first-order valence-corrected chi connectivity index (χ1v) is 6.14. The second kappa shape index (κ2) is 5.09. The third-order valence-corrected chi connectivity index (χ3v) is 3.24. The molecule has 5 nitrogen and oxygen atoms in total. The van der Waals surface area contributed by atoms with Crippen molar-refractivity contribution in [2.24, 2.45) is 0 Å². The monoisotopic (exact) mass is 252 g/mol. The summed E-state index contributed by atoms with van der Waals surface area (Å²) in [6, 6.07) is 3.13. The van der Waals surface area contributed by atoms with Gasteiger partial charge in [-0.15, -0.1) is 0 Å². The molecule has 0 spiro atoms. The van der Waals surface area contributed by atoms with Gasteiger partial charge in [0.2, 0.25) is 5.76 Å². The highest BCUT2D eigenvalue weighted by Gasteiger charge is 2.10. The van der Waals surface area contributed by atoms with Gasteiger partial charge in [0.25, 0.3) is 0 Å². The van der Waals surface area contributed by atoms with Crippen molar-refractivity contribution in [1.82, 2.24) is 9.55 Å². The minimum atomic E-state index is -1.05. The Balaban J connectivity index is 2.00. The first kappa shape index (κ1) is 11.8. The van der Waals surface area contributed by atoms with E-state index >= 15 is 0 Å². The Bertz CT molecular complexity index is 518. The molecule has 0 aromatic carbocycles. The number of hydrogen-bond acceptors (Lipinski definition) is 4. The van der Waals surface area contributed by atoms with Crippen LogP contribution in [0.5, 0.6) is 0 Å². The van der Waals surface area contributed by atoms with Crippen LogP contribution in [0.2, 0.25) is 0 Å². The summed E-state index contributed by atoms with van der Waals surface area (Å²) in [6.07, 6.45) is 3.58. The molecular formula is C11H12N2O3S. The summed E-state index contributed by atoms with van der Waals surface area (Å²) in [6.45, 7) is 2.92. The number of furan rings is 1. The fraction of sp³-hybridized carbons (Fsp3) is 0.273. The molecule has 2 aromatic rings. The predicted molar refractivity (Wildman–Crippen MR) is 63.1 cm³/mol. The van der Waals surface area contributed by atoms with E-state index in [1.165, 1.54) is 17.8 Å². The van der Waals surface area contributed by atoms with E-state index in [1.54, 1.807) is 18.6 Å². The minimum Gasteiger partial charge on any atom is -0.475 e. The Morgan fingerprint density at radius 3 is 3.06 bits per heavy atom. The molecule has 0 aliphatic rings. The molecule has 0 atom stereocenters. The molecule has 0 unspecified atom stereocenters. The summed E-state index contributed by atoms with van der Waals surface area (Å²) in [5.74, 6) is -0.368. The average Bonchev–Trinajstić information content (AvgIpc) is 2.95. The van der Waals surface area contributed by atoms with E-state index in [0.29, 0.717) is 10.8 Å². The Morgan fingerprint density at radius 1 is 1.59 bits per heavy atom. The van der Waals surface area contributed by atoms with E-state index in [0.717, 1.165) is 12.2 Å². The maximum absolute atomic E-state index is 10.6. The predicted octanol–water partition coefficient (Wildman–Crippen LogP) is 2.49. The van der Waals surface area contributed by atoms with Crippen LogP contribution in [0, 0.1) is 0 Å². The molecule has 0 radical (unpaired) electrons. The molecule has 0 bridgehead atoms. The van der Waals surface area contributed by atoms with Crippen LogP contribution < -0.4 is 0 Å². The van der Waals surface area contributed by atoms with Crippen molar-refractivity contribution in [3.05, 3.63) is 36.1 Å². The normalized spacial score (nSPS) is 10.6. The van der Waals surface area contributed by atoms with Crippen molar-refractivity contribution < 1.29 is 14.3 Å². The van der Waals surface area contributed by atoms with Crippen molar-refractivity contribution in [3.8, 4) is 0 Å². The molecule has 2 rings (SSSR count). The number of aromatic carboxylic acids is 1. The highest BCUT2D eigenvalue weighted by atomic mass is 32.2. The minimum absolute atomic E-state index is 0.0310. The van der Waals surface area contributed by atoms with Crippen molar-refractivity contribution in [2.75, 3.05) is 0 Å². The quantitative estimate of drug-likeness (QED) is 0.828. The third kappa shape index (κ3) is 2.71. The lowest BCUT2D eigenvalue weighted by Gasteiger charge is -2.02. The van der Waals surface area contributed by atoms with Gasteiger partial charge in [-0.2, -0.15) is 0 Å². The SMILES string of the molecule is CCn1cncc1CSc1ccc(C(=O)O)o1. The average molecular weight is 252 g/mol. The number of carboxylic acids is 1. The molecule has 2 aromatic heterocycles. The van der Waals surface area contributed by atoms with E-state index in [9.17, 15) is 4.79 Å². The number of hydrogen-bond donors (Lipinski definition) is 1. The first-order chi connectivity index (χ1) is 8.20. The third-order valence-electron chi connectivity index (χ3n) is 2.29. The number of carbonyl (C=O) groups is 1. The van der Waals surface area contributed by atoms with E-state index < -0.39 is 5.97 Å². The zero-order valence-electron chi connectivity index (χ0n) is 9.29. The Morgan fingerprint density at radius 2 is 2.41 bits per heavy atom. The summed E-state index contributed by atoms with van der Waals surface area (Å²) in [7, 11) is 0. The lowest BCUT2D eigenvalue weighted by Crippen LogP contribution is -1.96. The standard InChI is InChI=1S/C11H12N2O3S/c1-2-13-7-12-5-8(13)6-17-10-4-3-9(16-10)11(14)15/h3-5,7H,2,6H2,1H3,(H,14,15). The lowest BCUT2D eigenvalue weighted by atomic mass is 10.5. The number of rotatable bonds is 5. The molecule has 0 saturated heterocycles. The van der Waals surface area contributed by atoms with Crippen molar-refractivity contribution in [3.63, 3.8) is 0 Å². The van der Waals surface area contributed by atoms with Crippen molar-refractivity contribution in [1.29, 1.82) is 0 Å². The van der Waals surface area contributed by atoms with Crippen LogP contribution in [0.1, 0.15) is 23.2 Å². The second-order valence-corrected chi connectivity index (χ2v) is 4.36. The maximum Gasteiger partial charge on any atom is 0.371 e. The van der Waals surface area contributed by atoms with Gasteiger partial charge in [0.15, 0.2) is 5.09 Å². The molecule has 0 aliphatic carbocycles. The summed E-state index contributed by atoms with van der Waals surface area (Å²) < 4.78 is 7.19. The number of aromatic nitrogens is 2. The van der Waals surface area contributed by atoms with Crippen molar-refractivity contribution in [2.45, 2.75) is 24.3 Å². The van der Waals surface area contributed by atoms with Crippen molar-refractivity contribution >= 4 is 17.7 Å². The molecule has 0 saturated carbocycles. The van der Waals surface area contributed by atoms with Crippen LogP contribution in [-0.2, 0) is 12.3 Å². The lowest BCUT2D eigenvalue weighted by molar-refractivity contribution is 0.0656. The second-order valence-electron chi connectivity index (χ2n) is 3.38.